The standard InChI is InChI=1S/C15H23N3/c1-11-14(16)6-7-15(17-11)18-9-8-12-4-2-3-5-13(12)10-18/h6-7,12-13H,2-5,8-10,16H2,1H3. The van der Waals surface area contributed by atoms with Gasteiger partial charge in [-0.3, -0.25) is 0 Å². The highest BCUT2D eigenvalue weighted by atomic mass is 15.2. The number of nitrogens with zero attached hydrogens (tertiary/aromatic N) is 2. The third-order valence-corrected chi connectivity index (χ3v) is 4.73. The van der Waals surface area contributed by atoms with Gasteiger partial charge in [0.2, 0.25) is 0 Å². The summed E-state index contributed by atoms with van der Waals surface area (Å²) in [5.74, 6) is 2.99. The van der Waals surface area contributed by atoms with Gasteiger partial charge in [-0.25, -0.2) is 4.98 Å². The lowest BCUT2D eigenvalue weighted by molar-refractivity contribution is 0.202. The largest absolute Gasteiger partial charge is 0.397 e. The molecule has 0 spiro atoms. The number of hydrogen-bond acceptors (Lipinski definition) is 3. The van der Waals surface area contributed by atoms with Crippen molar-refractivity contribution in [2.45, 2.75) is 39.0 Å². The predicted octanol–water partition coefficient (Wildman–Crippen LogP) is 2.99. The minimum absolute atomic E-state index is 0.798. The van der Waals surface area contributed by atoms with E-state index >= 15 is 0 Å². The molecule has 1 saturated heterocycles. The molecule has 2 unspecified atom stereocenters. The van der Waals surface area contributed by atoms with E-state index < -0.39 is 0 Å². The first-order valence-corrected chi connectivity index (χ1v) is 7.22. The van der Waals surface area contributed by atoms with Gasteiger partial charge < -0.3 is 10.6 Å². The van der Waals surface area contributed by atoms with E-state index in [2.05, 4.69) is 16.0 Å². The van der Waals surface area contributed by atoms with Crippen molar-refractivity contribution in [3.63, 3.8) is 0 Å². The Hall–Kier alpha value is -1.25. The van der Waals surface area contributed by atoms with Crippen LogP contribution in [0, 0.1) is 18.8 Å². The van der Waals surface area contributed by atoms with E-state index in [9.17, 15) is 0 Å². The molecule has 0 bridgehead atoms. The van der Waals surface area contributed by atoms with Crippen LogP contribution in [-0.2, 0) is 0 Å². The van der Waals surface area contributed by atoms with E-state index in [1.807, 2.05) is 13.0 Å². The van der Waals surface area contributed by atoms with Gasteiger partial charge in [-0.15, -0.1) is 0 Å². The van der Waals surface area contributed by atoms with Crippen LogP contribution in [0.1, 0.15) is 37.8 Å². The second-order valence-corrected chi connectivity index (χ2v) is 5.88. The Morgan fingerprint density at radius 3 is 2.72 bits per heavy atom. The van der Waals surface area contributed by atoms with Gasteiger partial charge in [0.05, 0.1) is 11.4 Å². The molecule has 18 heavy (non-hydrogen) atoms. The molecule has 2 aliphatic rings. The Balaban J connectivity index is 1.75. The second kappa shape index (κ2) is 4.79. The molecule has 2 atom stereocenters. The second-order valence-electron chi connectivity index (χ2n) is 5.88. The van der Waals surface area contributed by atoms with Crippen LogP contribution in [0.15, 0.2) is 12.1 Å². The molecule has 2 heterocycles. The third-order valence-electron chi connectivity index (χ3n) is 4.73. The quantitative estimate of drug-likeness (QED) is 0.827. The van der Waals surface area contributed by atoms with Crippen LogP contribution in [-0.4, -0.2) is 18.1 Å². The van der Waals surface area contributed by atoms with Crippen molar-refractivity contribution < 1.29 is 0 Å². The van der Waals surface area contributed by atoms with Crippen LogP contribution in [0.5, 0.6) is 0 Å². The number of aryl methyl sites for hydroxylation is 1. The lowest BCUT2D eigenvalue weighted by atomic mass is 9.75. The molecule has 0 radical (unpaired) electrons. The molecule has 1 aromatic heterocycles. The summed E-state index contributed by atoms with van der Waals surface area (Å²) in [6, 6.07) is 4.07. The molecule has 3 heteroatoms. The fourth-order valence-electron chi connectivity index (χ4n) is 3.54. The van der Waals surface area contributed by atoms with Gasteiger partial charge >= 0.3 is 0 Å². The highest BCUT2D eigenvalue weighted by molar-refractivity contribution is 5.50. The number of nitrogens with two attached hydrogens (primary N) is 1. The van der Waals surface area contributed by atoms with Gasteiger partial charge in [-0.1, -0.05) is 19.3 Å². The molecule has 3 rings (SSSR count). The van der Waals surface area contributed by atoms with Gasteiger partial charge in [0.1, 0.15) is 5.82 Å². The summed E-state index contributed by atoms with van der Waals surface area (Å²) in [4.78, 5) is 7.09. The normalized spacial score (nSPS) is 27.9. The first-order chi connectivity index (χ1) is 8.74. The Kier molecular flexibility index (Phi) is 3.14. The number of rotatable bonds is 1. The van der Waals surface area contributed by atoms with E-state index in [4.69, 9.17) is 5.73 Å². The van der Waals surface area contributed by atoms with Crippen LogP contribution >= 0.6 is 0 Å². The maximum Gasteiger partial charge on any atom is 0.128 e. The number of fused-ring (bicyclic) bond motifs is 1. The minimum atomic E-state index is 0.798. The Labute approximate surface area is 109 Å². The molecule has 1 aromatic rings. The highest BCUT2D eigenvalue weighted by Gasteiger charge is 2.31. The van der Waals surface area contributed by atoms with Crippen molar-refractivity contribution in [3.8, 4) is 0 Å². The zero-order valence-corrected chi connectivity index (χ0v) is 11.2. The molecule has 1 aliphatic heterocycles. The number of piperidine rings is 1. The number of pyridine rings is 1. The summed E-state index contributed by atoms with van der Waals surface area (Å²) in [5, 5.41) is 0. The Morgan fingerprint density at radius 1 is 1.17 bits per heavy atom. The molecule has 1 aliphatic carbocycles. The predicted molar refractivity (Wildman–Crippen MR) is 75.7 cm³/mol. The van der Waals surface area contributed by atoms with Crippen molar-refractivity contribution in [1.29, 1.82) is 0 Å². The molecule has 1 saturated carbocycles. The van der Waals surface area contributed by atoms with Gasteiger partial charge in [0.25, 0.3) is 0 Å². The topological polar surface area (TPSA) is 42.2 Å². The molecule has 2 fully saturated rings. The number of nitrogen functional groups attached to an aromatic ring is 1. The van der Waals surface area contributed by atoms with E-state index in [0.29, 0.717) is 0 Å². The van der Waals surface area contributed by atoms with Gasteiger partial charge in [-0.2, -0.15) is 0 Å². The van der Waals surface area contributed by atoms with Crippen LogP contribution in [0.2, 0.25) is 0 Å². The molecular weight excluding hydrogens is 222 g/mol. The molecule has 2 N–H and O–H groups in total. The van der Waals surface area contributed by atoms with E-state index in [0.717, 1.165) is 35.6 Å². The summed E-state index contributed by atoms with van der Waals surface area (Å²) in [6.07, 6.45) is 7.07. The summed E-state index contributed by atoms with van der Waals surface area (Å²) < 4.78 is 0. The fraction of sp³-hybridized carbons (Fsp3) is 0.667. The van der Waals surface area contributed by atoms with E-state index in [1.54, 1.807) is 0 Å². The molecule has 0 aromatic carbocycles. The maximum absolute atomic E-state index is 5.84. The van der Waals surface area contributed by atoms with Crippen LogP contribution < -0.4 is 10.6 Å². The van der Waals surface area contributed by atoms with Crippen molar-refractivity contribution in [2.75, 3.05) is 23.7 Å². The average molecular weight is 245 g/mol. The lowest BCUT2D eigenvalue weighted by Gasteiger charge is -2.41. The van der Waals surface area contributed by atoms with Crippen LogP contribution in [0.4, 0.5) is 11.5 Å². The highest BCUT2D eigenvalue weighted by Crippen LogP contribution is 2.37. The van der Waals surface area contributed by atoms with E-state index in [-0.39, 0.29) is 0 Å². The summed E-state index contributed by atoms with van der Waals surface area (Å²) in [6.45, 7) is 4.35. The summed E-state index contributed by atoms with van der Waals surface area (Å²) in [5.41, 5.74) is 7.60. The van der Waals surface area contributed by atoms with Crippen LogP contribution in [0.3, 0.4) is 0 Å². The monoisotopic (exact) mass is 245 g/mol. The number of hydrogen-bond donors (Lipinski definition) is 1. The van der Waals surface area contributed by atoms with Gasteiger partial charge in [0.15, 0.2) is 0 Å². The van der Waals surface area contributed by atoms with Crippen molar-refractivity contribution >= 4 is 11.5 Å². The first kappa shape index (κ1) is 11.8. The minimum Gasteiger partial charge on any atom is -0.397 e. The molecule has 3 nitrogen and oxygen atoms in total. The Morgan fingerprint density at radius 2 is 1.94 bits per heavy atom. The van der Waals surface area contributed by atoms with Crippen molar-refractivity contribution in [3.05, 3.63) is 17.8 Å². The maximum atomic E-state index is 5.84. The smallest absolute Gasteiger partial charge is 0.128 e. The van der Waals surface area contributed by atoms with E-state index in [1.165, 1.54) is 38.6 Å². The average Bonchev–Trinajstić information content (AvgIpc) is 2.41. The fourth-order valence-corrected chi connectivity index (χ4v) is 3.54. The molecule has 98 valence electrons. The third kappa shape index (κ3) is 2.18. The Bertz CT molecular complexity index is 430. The first-order valence-electron chi connectivity index (χ1n) is 7.22. The zero-order valence-electron chi connectivity index (χ0n) is 11.2. The SMILES string of the molecule is Cc1nc(N2CCC3CCCCC3C2)ccc1N. The number of anilines is 2. The van der Waals surface area contributed by atoms with Gasteiger partial charge in [0, 0.05) is 13.1 Å². The van der Waals surface area contributed by atoms with Gasteiger partial charge in [-0.05, 0) is 43.7 Å². The van der Waals surface area contributed by atoms with Crippen molar-refractivity contribution in [2.24, 2.45) is 11.8 Å². The summed E-state index contributed by atoms with van der Waals surface area (Å²) in [7, 11) is 0. The van der Waals surface area contributed by atoms with Crippen LogP contribution in [0.25, 0.3) is 0 Å². The zero-order chi connectivity index (χ0) is 12.5. The molecular formula is C15H23N3. The lowest BCUT2D eigenvalue weighted by Crippen LogP contribution is -2.42. The summed E-state index contributed by atoms with van der Waals surface area (Å²) >= 11 is 0. The number of aromatic nitrogens is 1. The van der Waals surface area contributed by atoms with Crippen molar-refractivity contribution in [1.82, 2.24) is 4.98 Å². The molecule has 0 amide bonds.